The molecule has 1 unspecified atom stereocenters. The van der Waals surface area contributed by atoms with Crippen molar-refractivity contribution < 1.29 is 0 Å². The summed E-state index contributed by atoms with van der Waals surface area (Å²) in [5.41, 5.74) is 0.935. The molecule has 1 aliphatic rings. The standard InChI is InChI=1S/C26H34N4S/c1-22(2)26(21-28,25-11-6-18-31-25)13-7-15-29-17-12-24(20-29)30(16-8-14-27)19-23-9-4-3-5-10-23/h3-6,9-11,18,22,24H,7-8,12-13,15-17,19-20H2,1-2H3/t24-,26?/m0/s1. The van der Waals surface area contributed by atoms with Gasteiger partial charge in [-0.05, 0) is 55.3 Å². The second kappa shape index (κ2) is 11.4. The fraction of sp³-hybridized carbons (Fsp3) is 0.538. The molecule has 3 rings (SSSR count). The van der Waals surface area contributed by atoms with E-state index in [4.69, 9.17) is 5.26 Å². The van der Waals surface area contributed by atoms with Crippen molar-refractivity contribution in [1.29, 1.82) is 10.5 Å². The molecule has 1 aromatic carbocycles. The highest BCUT2D eigenvalue weighted by molar-refractivity contribution is 7.10. The second-order valence-corrected chi connectivity index (χ2v) is 9.87. The van der Waals surface area contributed by atoms with Gasteiger partial charge in [0, 0.05) is 37.0 Å². The van der Waals surface area contributed by atoms with Crippen LogP contribution in [0.15, 0.2) is 47.8 Å². The molecule has 0 spiro atoms. The summed E-state index contributed by atoms with van der Waals surface area (Å²) < 4.78 is 0. The lowest BCUT2D eigenvalue weighted by molar-refractivity contribution is 0.186. The highest BCUT2D eigenvalue weighted by atomic mass is 32.1. The van der Waals surface area contributed by atoms with Crippen molar-refractivity contribution in [3.63, 3.8) is 0 Å². The third-order valence-corrected chi connectivity index (χ3v) is 7.74. The molecular weight excluding hydrogens is 400 g/mol. The van der Waals surface area contributed by atoms with Gasteiger partial charge in [-0.3, -0.25) is 4.90 Å². The Morgan fingerprint density at radius 2 is 2.00 bits per heavy atom. The zero-order chi connectivity index (χ0) is 22.1. The molecule has 0 bridgehead atoms. The maximum atomic E-state index is 10.1. The highest BCUT2D eigenvalue weighted by Crippen LogP contribution is 2.39. The molecule has 0 N–H and O–H groups in total. The summed E-state index contributed by atoms with van der Waals surface area (Å²) >= 11 is 1.71. The molecule has 0 saturated carbocycles. The van der Waals surface area contributed by atoms with Gasteiger partial charge in [0.1, 0.15) is 0 Å². The van der Waals surface area contributed by atoms with Crippen molar-refractivity contribution in [2.75, 3.05) is 26.2 Å². The van der Waals surface area contributed by atoms with E-state index in [0.29, 0.717) is 18.4 Å². The molecule has 2 atom stereocenters. The molecule has 1 saturated heterocycles. The molecule has 31 heavy (non-hydrogen) atoms. The van der Waals surface area contributed by atoms with Crippen LogP contribution in [0.4, 0.5) is 0 Å². The Bertz CT molecular complexity index is 865. The quantitative estimate of drug-likeness (QED) is 0.473. The summed E-state index contributed by atoms with van der Waals surface area (Å²) in [5, 5.41) is 21.2. The van der Waals surface area contributed by atoms with Crippen molar-refractivity contribution in [2.45, 2.75) is 57.5 Å². The van der Waals surface area contributed by atoms with Crippen molar-refractivity contribution in [3.05, 3.63) is 58.3 Å². The lowest BCUT2D eigenvalue weighted by Gasteiger charge is -2.31. The van der Waals surface area contributed by atoms with Crippen LogP contribution in [0.3, 0.4) is 0 Å². The Labute approximate surface area is 191 Å². The smallest absolute Gasteiger partial charge is 0.0937 e. The van der Waals surface area contributed by atoms with Gasteiger partial charge in [0.25, 0.3) is 0 Å². The maximum absolute atomic E-state index is 10.1. The van der Waals surface area contributed by atoms with Gasteiger partial charge in [-0.1, -0.05) is 50.2 Å². The lowest BCUT2D eigenvalue weighted by atomic mass is 9.73. The molecule has 1 aromatic heterocycles. The third-order valence-electron chi connectivity index (χ3n) is 6.69. The minimum Gasteiger partial charge on any atom is -0.302 e. The lowest BCUT2D eigenvalue weighted by Crippen LogP contribution is -2.38. The summed E-state index contributed by atoms with van der Waals surface area (Å²) in [5.74, 6) is 0.301. The molecule has 2 aromatic rings. The van der Waals surface area contributed by atoms with Gasteiger partial charge in [-0.15, -0.1) is 11.3 Å². The summed E-state index contributed by atoms with van der Waals surface area (Å²) in [6.07, 6.45) is 3.66. The number of hydrogen-bond donors (Lipinski definition) is 0. The maximum Gasteiger partial charge on any atom is 0.0937 e. The van der Waals surface area contributed by atoms with Crippen LogP contribution in [0.2, 0.25) is 0 Å². The first-order valence-electron chi connectivity index (χ1n) is 11.4. The summed E-state index contributed by atoms with van der Waals surface area (Å²) in [6, 6.07) is 20.2. The fourth-order valence-corrected chi connectivity index (χ4v) is 5.82. The van der Waals surface area contributed by atoms with Crippen LogP contribution in [0.5, 0.6) is 0 Å². The molecule has 1 aliphatic heterocycles. The van der Waals surface area contributed by atoms with Gasteiger partial charge < -0.3 is 4.90 Å². The number of nitrogens with zero attached hydrogens (tertiary/aromatic N) is 4. The molecule has 1 fully saturated rings. The third kappa shape index (κ3) is 5.95. The Hall–Kier alpha value is -2.18. The van der Waals surface area contributed by atoms with E-state index < -0.39 is 0 Å². The van der Waals surface area contributed by atoms with Crippen LogP contribution >= 0.6 is 11.3 Å². The molecule has 0 radical (unpaired) electrons. The largest absolute Gasteiger partial charge is 0.302 e. The molecule has 2 heterocycles. The first kappa shape index (κ1) is 23.5. The predicted octanol–water partition coefficient (Wildman–Crippen LogP) is 5.44. The van der Waals surface area contributed by atoms with Crippen LogP contribution < -0.4 is 0 Å². The fourth-order valence-electron chi connectivity index (χ4n) is 4.77. The number of likely N-dealkylation sites (tertiary alicyclic amines) is 1. The number of nitriles is 2. The normalized spacial score (nSPS) is 18.7. The van der Waals surface area contributed by atoms with Crippen LogP contribution in [0.25, 0.3) is 0 Å². The van der Waals surface area contributed by atoms with Crippen LogP contribution in [-0.2, 0) is 12.0 Å². The van der Waals surface area contributed by atoms with Gasteiger partial charge >= 0.3 is 0 Å². The summed E-state index contributed by atoms with van der Waals surface area (Å²) in [4.78, 5) is 6.24. The van der Waals surface area contributed by atoms with E-state index in [0.717, 1.165) is 52.0 Å². The Morgan fingerprint density at radius 3 is 2.65 bits per heavy atom. The van der Waals surface area contributed by atoms with Crippen molar-refractivity contribution in [1.82, 2.24) is 9.80 Å². The first-order valence-corrected chi connectivity index (χ1v) is 12.3. The van der Waals surface area contributed by atoms with Crippen LogP contribution in [0, 0.1) is 28.6 Å². The highest BCUT2D eigenvalue weighted by Gasteiger charge is 2.37. The molecule has 164 valence electrons. The molecule has 5 heteroatoms. The van der Waals surface area contributed by atoms with Gasteiger partial charge in [0.05, 0.1) is 17.6 Å². The molecule has 0 aliphatic carbocycles. The topological polar surface area (TPSA) is 54.1 Å². The number of rotatable bonds is 11. The zero-order valence-corrected chi connectivity index (χ0v) is 19.7. The minimum absolute atomic E-state index is 0.301. The second-order valence-electron chi connectivity index (χ2n) is 8.93. The number of hydrogen-bond acceptors (Lipinski definition) is 5. The van der Waals surface area contributed by atoms with E-state index >= 15 is 0 Å². The molecule has 0 amide bonds. The molecular formula is C26H34N4S. The van der Waals surface area contributed by atoms with Gasteiger partial charge in [-0.25, -0.2) is 0 Å². The van der Waals surface area contributed by atoms with E-state index in [1.165, 1.54) is 10.4 Å². The monoisotopic (exact) mass is 434 g/mol. The van der Waals surface area contributed by atoms with E-state index in [2.05, 4.69) is 83.6 Å². The predicted molar refractivity (Wildman–Crippen MR) is 128 cm³/mol. The summed E-state index contributed by atoms with van der Waals surface area (Å²) in [6.45, 7) is 9.27. The van der Waals surface area contributed by atoms with Gasteiger partial charge in [0.15, 0.2) is 0 Å². The van der Waals surface area contributed by atoms with E-state index in [9.17, 15) is 5.26 Å². The summed E-state index contributed by atoms with van der Waals surface area (Å²) in [7, 11) is 0. The van der Waals surface area contributed by atoms with Crippen molar-refractivity contribution in [3.8, 4) is 12.1 Å². The zero-order valence-electron chi connectivity index (χ0n) is 18.8. The van der Waals surface area contributed by atoms with Crippen LogP contribution in [0.1, 0.15) is 50.0 Å². The average molecular weight is 435 g/mol. The average Bonchev–Trinajstić information content (AvgIpc) is 3.47. The van der Waals surface area contributed by atoms with Gasteiger partial charge in [0.2, 0.25) is 0 Å². The van der Waals surface area contributed by atoms with Gasteiger partial charge in [-0.2, -0.15) is 10.5 Å². The Kier molecular flexibility index (Phi) is 8.67. The minimum atomic E-state index is -0.376. The number of benzene rings is 1. The Balaban J connectivity index is 1.56. The number of thiophene rings is 1. The molecule has 4 nitrogen and oxygen atoms in total. The van der Waals surface area contributed by atoms with E-state index in [1.807, 2.05) is 0 Å². The van der Waals surface area contributed by atoms with Crippen molar-refractivity contribution in [2.24, 2.45) is 5.92 Å². The van der Waals surface area contributed by atoms with E-state index in [1.54, 1.807) is 11.3 Å². The first-order chi connectivity index (χ1) is 15.1. The Morgan fingerprint density at radius 1 is 1.19 bits per heavy atom. The van der Waals surface area contributed by atoms with Crippen molar-refractivity contribution >= 4 is 11.3 Å². The SMILES string of the molecule is CC(C)C(C#N)(CCCN1CC[C@H](N(CCC#N)Cc2ccccc2)C1)c1cccs1. The van der Waals surface area contributed by atoms with E-state index in [-0.39, 0.29) is 5.41 Å². The van der Waals surface area contributed by atoms with Crippen LogP contribution in [-0.4, -0.2) is 42.0 Å².